The van der Waals surface area contributed by atoms with Gasteiger partial charge in [0.15, 0.2) is 5.54 Å². The molecule has 0 aliphatic carbocycles. The molecule has 1 aliphatic rings. The number of amides is 1. The molecule has 7 heteroatoms. The zero-order valence-corrected chi connectivity index (χ0v) is 13.7. The van der Waals surface area contributed by atoms with Crippen LogP contribution in [-0.4, -0.2) is 47.8 Å². The number of hydrogen-bond donors (Lipinski definition) is 2. The molecule has 1 aromatic heterocycles. The number of pyridine rings is 1. The fourth-order valence-corrected chi connectivity index (χ4v) is 2.68. The Hall–Kier alpha value is -2.93. The maximum atomic E-state index is 12.5. The van der Waals surface area contributed by atoms with Crippen molar-refractivity contribution in [1.82, 2.24) is 10.3 Å². The number of aromatic nitrogens is 1. The molecule has 0 bridgehead atoms. The van der Waals surface area contributed by atoms with Crippen LogP contribution in [0.4, 0.5) is 0 Å². The predicted molar refractivity (Wildman–Crippen MR) is 89.5 cm³/mol. The third kappa shape index (κ3) is 3.46. The monoisotopic (exact) mass is 342 g/mol. The van der Waals surface area contributed by atoms with E-state index in [9.17, 15) is 14.7 Å². The summed E-state index contributed by atoms with van der Waals surface area (Å²) in [5.41, 5.74) is 0.538. The van der Waals surface area contributed by atoms with Crippen LogP contribution in [0.1, 0.15) is 16.8 Å². The number of methoxy groups -OCH3 is 1. The van der Waals surface area contributed by atoms with Gasteiger partial charge in [0.2, 0.25) is 0 Å². The van der Waals surface area contributed by atoms with Gasteiger partial charge < -0.3 is 19.9 Å². The minimum atomic E-state index is -1.38. The number of carboxylic acid groups (broad SMARTS) is 1. The van der Waals surface area contributed by atoms with Gasteiger partial charge in [-0.3, -0.25) is 9.78 Å². The quantitative estimate of drug-likeness (QED) is 0.859. The number of carbonyl (C=O) groups is 2. The molecule has 1 unspecified atom stereocenters. The second-order valence-electron chi connectivity index (χ2n) is 5.83. The van der Waals surface area contributed by atoms with Gasteiger partial charge in [-0.05, 0) is 23.8 Å². The first-order valence-corrected chi connectivity index (χ1v) is 7.77. The lowest BCUT2D eigenvalue weighted by molar-refractivity contribution is -0.144. The van der Waals surface area contributed by atoms with Gasteiger partial charge in [-0.25, -0.2) is 4.79 Å². The number of aliphatic carboxylic acids is 1. The van der Waals surface area contributed by atoms with Crippen LogP contribution in [-0.2, 0) is 9.53 Å². The molecule has 2 aromatic rings. The molecule has 2 heterocycles. The van der Waals surface area contributed by atoms with Crippen molar-refractivity contribution in [2.45, 2.75) is 12.0 Å². The predicted octanol–water partition coefficient (Wildman–Crippen LogP) is 1.73. The summed E-state index contributed by atoms with van der Waals surface area (Å²) in [7, 11) is 1.59. The molecule has 7 nitrogen and oxygen atoms in total. The van der Waals surface area contributed by atoms with Gasteiger partial charge >= 0.3 is 5.97 Å². The van der Waals surface area contributed by atoms with Crippen molar-refractivity contribution < 1.29 is 24.2 Å². The number of nitrogens with one attached hydrogen (secondary N) is 1. The van der Waals surface area contributed by atoms with Crippen molar-refractivity contribution in [3.05, 3.63) is 48.3 Å². The van der Waals surface area contributed by atoms with E-state index in [0.29, 0.717) is 12.2 Å². The Bertz CT molecular complexity index is 782. The van der Waals surface area contributed by atoms with Crippen molar-refractivity contribution in [3.63, 3.8) is 0 Å². The molecule has 3 rings (SSSR count). The molecule has 1 aliphatic heterocycles. The number of carbonyl (C=O) groups excluding carboxylic acids is 1. The summed E-state index contributed by atoms with van der Waals surface area (Å²) in [5, 5.41) is 12.0. The first-order chi connectivity index (χ1) is 12.0. The normalized spacial score (nSPS) is 19.4. The van der Waals surface area contributed by atoms with E-state index in [1.807, 2.05) is 24.3 Å². The van der Waals surface area contributed by atoms with E-state index in [1.165, 1.54) is 6.20 Å². The van der Waals surface area contributed by atoms with E-state index in [4.69, 9.17) is 9.47 Å². The fraction of sp³-hybridized carbons (Fsp3) is 0.278. The van der Waals surface area contributed by atoms with Gasteiger partial charge in [-0.15, -0.1) is 0 Å². The van der Waals surface area contributed by atoms with Crippen LogP contribution >= 0.6 is 0 Å². The Morgan fingerprint density at radius 1 is 1.24 bits per heavy atom. The van der Waals surface area contributed by atoms with E-state index in [1.54, 1.807) is 19.4 Å². The van der Waals surface area contributed by atoms with E-state index in [2.05, 4.69) is 10.3 Å². The van der Waals surface area contributed by atoms with Gasteiger partial charge in [0, 0.05) is 31.0 Å². The van der Waals surface area contributed by atoms with Crippen LogP contribution in [0.25, 0.3) is 11.1 Å². The summed E-state index contributed by atoms with van der Waals surface area (Å²) in [6.45, 7) is 0.260. The van der Waals surface area contributed by atoms with Crippen molar-refractivity contribution >= 4 is 11.9 Å². The van der Waals surface area contributed by atoms with Crippen LogP contribution in [0.3, 0.4) is 0 Å². The number of ether oxygens (including phenoxy) is 2. The van der Waals surface area contributed by atoms with Gasteiger partial charge in [-0.1, -0.05) is 12.1 Å². The number of nitrogens with zero attached hydrogens (tertiary/aromatic N) is 1. The Kier molecular flexibility index (Phi) is 4.67. The van der Waals surface area contributed by atoms with Crippen LogP contribution < -0.4 is 10.1 Å². The molecule has 0 spiro atoms. The molecule has 25 heavy (non-hydrogen) atoms. The largest absolute Gasteiger partial charge is 0.497 e. The molecule has 1 fully saturated rings. The topological polar surface area (TPSA) is 97.8 Å². The molecule has 0 radical (unpaired) electrons. The Morgan fingerprint density at radius 2 is 2.00 bits per heavy atom. The molecule has 1 amide bonds. The number of rotatable bonds is 5. The highest BCUT2D eigenvalue weighted by atomic mass is 16.5. The van der Waals surface area contributed by atoms with E-state index >= 15 is 0 Å². The first-order valence-electron chi connectivity index (χ1n) is 7.77. The van der Waals surface area contributed by atoms with Gasteiger partial charge in [-0.2, -0.15) is 0 Å². The summed E-state index contributed by atoms with van der Waals surface area (Å²) in [6, 6.07) is 9.03. The zero-order valence-electron chi connectivity index (χ0n) is 13.7. The summed E-state index contributed by atoms with van der Waals surface area (Å²) in [4.78, 5) is 28.1. The molecular weight excluding hydrogens is 324 g/mol. The third-order valence-electron chi connectivity index (χ3n) is 4.21. The van der Waals surface area contributed by atoms with Crippen molar-refractivity contribution in [2.75, 3.05) is 20.3 Å². The van der Waals surface area contributed by atoms with Crippen molar-refractivity contribution in [3.8, 4) is 16.9 Å². The van der Waals surface area contributed by atoms with Crippen molar-refractivity contribution in [2.24, 2.45) is 0 Å². The zero-order chi connectivity index (χ0) is 17.9. The van der Waals surface area contributed by atoms with Gasteiger partial charge in [0.05, 0.1) is 19.3 Å². The lowest BCUT2D eigenvalue weighted by Crippen LogP contribution is -2.55. The molecule has 1 aromatic carbocycles. The first kappa shape index (κ1) is 16.9. The SMILES string of the molecule is COc1ccc(-c2cncc(C(=O)NC3(C(=O)O)CCOC3)c2)cc1. The van der Waals surface area contributed by atoms with E-state index in [-0.39, 0.29) is 13.0 Å². The van der Waals surface area contributed by atoms with Crippen LogP contribution in [0.15, 0.2) is 42.7 Å². The Balaban J connectivity index is 1.83. The minimum Gasteiger partial charge on any atom is -0.497 e. The molecule has 1 atom stereocenters. The molecule has 2 N–H and O–H groups in total. The van der Waals surface area contributed by atoms with Crippen LogP contribution in [0.2, 0.25) is 0 Å². The highest BCUT2D eigenvalue weighted by molar-refractivity contribution is 5.98. The van der Waals surface area contributed by atoms with Gasteiger partial charge in [0.1, 0.15) is 5.75 Å². The summed E-state index contributed by atoms with van der Waals surface area (Å²) < 4.78 is 10.3. The molecular formula is C18H18N2O5. The molecule has 0 saturated carbocycles. The maximum Gasteiger partial charge on any atom is 0.331 e. The van der Waals surface area contributed by atoms with Crippen molar-refractivity contribution in [1.29, 1.82) is 0 Å². The number of benzene rings is 1. The van der Waals surface area contributed by atoms with Gasteiger partial charge in [0.25, 0.3) is 5.91 Å². The third-order valence-corrected chi connectivity index (χ3v) is 4.21. The Morgan fingerprint density at radius 3 is 2.60 bits per heavy atom. The second-order valence-corrected chi connectivity index (χ2v) is 5.83. The minimum absolute atomic E-state index is 0.0420. The number of hydrogen-bond acceptors (Lipinski definition) is 5. The highest BCUT2D eigenvalue weighted by Crippen LogP contribution is 2.23. The summed E-state index contributed by atoms with van der Waals surface area (Å²) in [6.07, 6.45) is 3.29. The molecule has 130 valence electrons. The summed E-state index contributed by atoms with van der Waals surface area (Å²) in [5.74, 6) is -0.858. The summed E-state index contributed by atoms with van der Waals surface area (Å²) >= 11 is 0. The van der Waals surface area contributed by atoms with Crippen LogP contribution in [0.5, 0.6) is 5.75 Å². The highest BCUT2D eigenvalue weighted by Gasteiger charge is 2.44. The Labute approximate surface area is 144 Å². The molecule has 1 saturated heterocycles. The lowest BCUT2D eigenvalue weighted by atomic mass is 9.98. The number of carboxylic acids is 1. The smallest absolute Gasteiger partial charge is 0.331 e. The fourth-order valence-electron chi connectivity index (χ4n) is 2.68. The standard InChI is InChI=1S/C18H18N2O5/c1-24-15-4-2-12(3-5-15)13-8-14(10-19-9-13)16(21)20-18(17(22)23)6-7-25-11-18/h2-5,8-10H,6-7,11H2,1H3,(H,20,21)(H,22,23). The van der Waals surface area contributed by atoms with E-state index in [0.717, 1.165) is 16.9 Å². The van der Waals surface area contributed by atoms with Crippen LogP contribution in [0, 0.1) is 0 Å². The lowest BCUT2D eigenvalue weighted by Gasteiger charge is -2.23. The maximum absolute atomic E-state index is 12.5. The average Bonchev–Trinajstić information content (AvgIpc) is 3.12. The average molecular weight is 342 g/mol. The van der Waals surface area contributed by atoms with E-state index < -0.39 is 17.4 Å². The second kappa shape index (κ2) is 6.90.